The van der Waals surface area contributed by atoms with Gasteiger partial charge in [0.25, 0.3) is 0 Å². The highest BCUT2D eigenvalue weighted by atomic mass is 32.2. The highest BCUT2D eigenvalue weighted by Gasteiger charge is 1.82. The van der Waals surface area contributed by atoms with Gasteiger partial charge in [-0.15, -0.1) is 6.42 Å². The van der Waals surface area contributed by atoms with Gasteiger partial charge in [-0.3, -0.25) is 0 Å². The van der Waals surface area contributed by atoms with Crippen molar-refractivity contribution >= 4 is 11.1 Å². The molecule has 1 N–H and O–H groups in total. The van der Waals surface area contributed by atoms with Crippen molar-refractivity contribution in [2.75, 3.05) is 5.75 Å². The minimum Gasteiger partial charge on any atom is -0.306 e. The van der Waals surface area contributed by atoms with E-state index in [1.165, 1.54) is 12.2 Å². The molecule has 0 fully saturated rings. The van der Waals surface area contributed by atoms with Crippen molar-refractivity contribution < 1.29 is 8.76 Å². The van der Waals surface area contributed by atoms with Crippen LogP contribution in [0.2, 0.25) is 0 Å². The molecule has 0 spiro atoms. The molecule has 8 heavy (non-hydrogen) atoms. The zero-order valence-corrected chi connectivity index (χ0v) is 5.02. The van der Waals surface area contributed by atoms with Crippen LogP contribution in [0.4, 0.5) is 0 Å². The smallest absolute Gasteiger partial charge is 0.156 e. The Morgan fingerprint density at radius 3 is 2.88 bits per heavy atom. The summed E-state index contributed by atoms with van der Waals surface area (Å²) in [5.74, 6) is 2.31. The van der Waals surface area contributed by atoms with Gasteiger partial charge in [0.2, 0.25) is 0 Å². The van der Waals surface area contributed by atoms with Crippen LogP contribution < -0.4 is 0 Å². The molecular formula is C5H6O2S. The molecule has 1 unspecified atom stereocenters. The Kier molecular flexibility index (Phi) is 4.23. The van der Waals surface area contributed by atoms with E-state index in [1.54, 1.807) is 0 Å². The SMILES string of the molecule is C#CC=CCS(=O)O. The van der Waals surface area contributed by atoms with E-state index in [0.29, 0.717) is 0 Å². The summed E-state index contributed by atoms with van der Waals surface area (Å²) in [7, 11) is 0. The lowest BCUT2D eigenvalue weighted by atomic mass is 10.5. The molecule has 0 radical (unpaired) electrons. The molecule has 0 aliphatic rings. The predicted octanol–water partition coefficient (Wildman–Crippen LogP) is 0.398. The Morgan fingerprint density at radius 1 is 1.88 bits per heavy atom. The van der Waals surface area contributed by atoms with Crippen LogP contribution in [0, 0.1) is 12.3 Å². The Balaban J connectivity index is 3.34. The lowest BCUT2D eigenvalue weighted by Crippen LogP contribution is -1.88. The average Bonchev–Trinajstić information content (AvgIpc) is 1.66. The lowest BCUT2D eigenvalue weighted by Gasteiger charge is -1.78. The lowest BCUT2D eigenvalue weighted by molar-refractivity contribution is 0.567. The van der Waals surface area contributed by atoms with Crippen LogP contribution in [0.15, 0.2) is 12.2 Å². The number of rotatable bonds is 2. The molecule has 0 aliphatic carbocycles. The van der Waals surface area contributed by atoms with E-state index in [2.05, 4.69) is 5.92 Å². The van der Waals surface area contributed by atoms with E-state index in [4.69, 9.17) is 11.0 Å². The Hall–Kier alpha value is -0.590. The summed E-state index contributed by atoms with van der Waals surface area (Å²) in [6.07, 6.45) is 7.66. The zero-order valence-electron chi connectivity index (χ0n) is 4.20. The van der Waals surface area contributed by atoms with E-state index in [0.717, 1.165) is 0 Å². The number of hydrogen-bond acceptors (Lipinski definition) is 1. The zero-order chi connectivity index (χ0) is 6.41. The summed E-state index contributed by atoms with van der Waals surface area (Å²) in [5, 5.41) is 0. The molecule has 3 heteroatoms. The van der Waals surface area contributed by atoms with E-state index in [9.17, 15) is 4.21 Å². The van der Waals surface area contributed by atoms with Crippen LogP contribution in [-0.4, -0.2) is 14.5 Å². The van der Waals surface area contributed by atoms with Crippen molar-refractivity contribution in [1.29, 1.82) is 0 Å². The summed E-state index contributed by atoms with van der Waals surface area (Å²) in [4.78, 5) is 0. The van der Waals surface area contributed by atoms with Crippen molar-refractivity contribution in [2.45, 2.75) is 0 Å². The third kappa shape index (κ3) is 5.41. The predicted molar refractivity (Wildman–Crippen MR) is 33.6 cm³/mol. The first-order chi connectivity index (χ1) is 3.77. The van der Waals surface area contributed by atoms with Crippen LogP contribution in [0.3, 0.4) is 0 Å². The number of hydrogen-bond donors (Lipinski definition) is 1. The van der Waals surface area contributed by atoms with Gasteiger partial charge in [0.15, 0.2) is 11.1 Å². The fourth-order valence-electron chi connectivity index (χ4n) is 0.198. The number of allylic oxidation sites excluding steroid dienone is 1. The van der Waals surface area contributed by atoms with Gasteiger partial charge in [-0.25, -0.2) is 4.21 Å². The molecule has 0 rings (SSSR count). The maximum absolute atomic E-state index is 9.87. The molecule has 0 bridgehead atoms. The molecule has 0 heterocycles. The second-order valence-corrected chi connectivity index (χ2v) is 2.03. The van der Waals surface area contributed by atoms with E-state index >= 15 is 0 Å². The topological polar surface area (TPSA) is 37.3 Å². The molecule has 0 aromatic rings. The van der Waals surface area contributed by atoms with E-state index in [1.807, 2.05) is 0 Å². The normalized spacial score (nSPS) is 13.5. The van der Waals surface area contributed by atoms with E-state index in [-0.39, 0.29) is 5.75 Å². The van der Waals surface area contributed by atoms with Crippen LogP contribution in [-0.2, 0) is 11.1 Å². The van der Waals surface area contributed by atoms with Gasteiger partial charge in [-0.2, -0.15) is 0 Å². The summed E-state index contributed by atoms with van der Waals surface area (Å²) in [6.45, 7) is 0. The van der Waals surface area contributed by atoms with Gasteiger partial charge in [0, 0.05) is 0 Å². The summed E-state index contributed by atoms with van der Waals surface area (Å²) >= 11 is -1.75. The highest BCUT2D eigenvalue weighted by Crippen LogP contribution is 1.74. The first-order valence-electron chi connectivity index (χ1n) is 1.96. The van der Waals surface area contributed by atoms with Gasteiger partial charge in [-0.1, -0.05) is 12.0 Å². The molecule has 0 saturated heterocycles. The monoisotopic (exact) mass is 130 g/mol. The molecule has 44 valence electrons. The maximum Gasteiger partial charge on any atom is 0.156 e. The second-order valence-electron chi connectivity index (χ2n) is 1.06. The third-order valence-electron chi connectivity index (χ3n) is 0.453. The van der Waals surface area contributed by atoms with Crippen LogP contribution in [0.1, 0.15) is 0 Å². The minimum atomic E-state index is -1.75. The van der Waals surface area contributed by atoms with Crippen molar-refractivity contribution in [3.8, 4) is 12.3 Å². The first-order valence-corrected chi connectivity index (χ1v) is 3.23. The Morgan fingerprint density at radius 2 is 2.50 bits per heavy atom. The van der Waals surface area contributed by atoms with Crippen molar-refractivity contribution in [1.82, 2.24) is 0 Å². The molecule has 0 amide bonds. The van der Waals surface area contributed by atoms with E-state index < -0.39 is 11.1 Å². The fraction of sp³-hybridized carbons (Fsp3) is 0.200. The summed E-state index contributed by atoms with van der Waals surface area (Å²) in [6, 6.07) is 0. The van der Waals surface area contributed by atoms with Crippen LogP contribution in [0.25, 0.3) is 0 Å². The molecule has 2 nitrogen and oxygen atoms in total. The first kappa shape index (κ1) is 7.41. The quantitative estimate of drug-likeness (QED) is 0.434. The standard InChI is InChI=1S/C5H6O2S/c1-2-3-4-5-8(6)7/h1,3-4H,5H2,(H,6,7). The largest absolute Gasteiger partial charge is 0.306 e. The fourth-order valence-corrected chi connectivity index (χ4v) is 0.459. The van der Waals surface area contributed by atoms with Gasteiger partial charge >= 0.3 is 0 Å². The van der Waals surface area contributed by atoms with Gasteiger partial charge in [-0.05, 0) is 6.08 Å². The third-order valence-corrected chi connectivity index (χ3v) is 0.930. The molecule has 1 atom stereocenters. The Bertz CT molecular complexity index is 143. The van der Waals surface area contributed by atoms with Crippen LogP contribution >= 0.6 is 0 Å². The van der Waals surface area contributed by atoms with Crippen molar-refractivity contribution in [2.24, 2.45) is 0 Å². The van der Waals surface area contributed by atoms with Crippen molar-refractivity contribution in [3.05, 3.63) is 12.2 Å². The van der Waals surface area contributed by atoms with Crippen molar-refractivity contribution in [3.63, 3.8) is 0 Å². The molecule has 0 aromatic heterocycles. The highest BCUT2D eigenvalue weighted by molar-refractivity contribution is 7.79. The maximum atomic E-state index is 9.87. The number of terminal acetylenes is 1. The Labute approximate surface area is 50.9 Å². The van der Waals surface area contributed by atoms with Crippen LogP contribution in [0.5, 0.6) is 0 Å². The van der Waals surface area contributed by atoms with Gasteiger partial charge < -0.3 is 4.55 Å². The second kappa shape index (κ2) is 4.57. The summed E-state index contributed by atoms with van der Waals surface area (Å²) in [5.41, 5.74) is 0. The molecular weight excluding hydrogens is 124 g/mol. The van der Waals surface area contributed by atoms with Gasteiger partial charge in [0.05, 0.1) is 5.75 Å². The molecule has 0 saturated carbocycles. The minimum absolute atomic E-state index is 0.115. The summed E-state index contributed by atoms with van der Waals surface area (Å²) < 4.78 is 18.0. The van der Waals surface area contributed by atoms with Gasteiger partial charge in [0.1, 0.15) is 0 Å². The molecule has 0 aliphatic heterocycles. The average molecular weight is 130 g/mol. The molecule has 0 aromatic carbocycles.